The van der Waals surface area contributed by atoms with Crippen LogP contribution in [0.5, 0.6) is 0 Å². The van der Waals surface area contributed by atoms with Gasteiger partial charge in [0.05, 0.1) is 11.3 Å². The van der Waals surface area contributed by atoms with E-state index in [4.69, 9.17) is 0 Å². The number of allylic oxidation sites excluding steroid dienone is 1. The minimum Gasteiger partial charge on any atom is -0.318 e. The molecular weight excluding hydrogens is 280 g/mol. The molecule has 0 fully saturated rings. The van der Waals surface area contributed by atoms with Crippen molar-refractivity contribution in [2.75, 3.05) is 13.3 Å². The van der Waals surface area contributed by atoms with Crippen LogP contribution in [0.15, 0.2) is 41.5 Å². The third kappa shape index (κ3) is 8.35. The molecular formula is C17H28N2OS. The zero-order chi connectivity index (χ0) is 16.7. The standard InChI is InChI=1S/C14H18N2O.C2H6.CH4S/c1-4-6-11-16(3)14(17)12-9-7-8-10-13(12)15-5-2;2*1-2/h5-11H,4H2,1-3H3;1-2H3;2H,1H3/b11-6-,15-5?;;. The first-order valence-electron chi connectivity index (χ1n) is 7.17. The summed E-state index contributed by atoms with van der Waals surface area (Å²) in [6, 6.07) is 7.35. The molecule has 1 aromatic rings. The molecule has 0 saturated heterocycles. The Morgan fingerprint density at radius 3 is 2.38 bits per heavy atom. The molecule has 1 amide bonds. The molecule has 0 unspecified atom stereocenters. The molecule has 1 rings (SSSR count). The minimum absolute atomic E-state index is 0.0455. The molecule has 0 aliphatic rings. The normalized spacial score (nSPS) is 9.67. The minimum atomic E-state index is -0.0455. The lowest BCUT2D eigenvalue weighted by atomic mass is 10.1. The van der Waals surface area contributed by atoms with Crippen molar-refractivity contribution in [2.45, 2.75) is 34.1 Å². The van der Waals surface area contributed by atoms with Crippen LogP contribution in [0.2, 0.25) is 0 Å². The van der Waals surface area contributed by atoms with Gasteiger partial charge < -0.3 is 4.90 Å². The van der Waals surface area contributed by atoms with E-state index < -0.39 is 0 Å². The number of rotatable bonds is 4. The van der Waals surface area contributed by atoms with Gasteiger partial charge in [0.15, 0.2) is 0 Å². The molecule has 0 saturated carbocycles. The Hall–Kier alpha value is -1.55. The summed E-state index contributed by atoms with van der Waals surface area (Å²) in [6.45, 7) is 7.87. The highest BCUT2D eigenvalue weighted by Gasteiger charge is 2.12. The number of carbonyl (C=O) groups excluding carboxylic acids is 1. The number of amides is 1. The zero-order valence-electron chi connectivity index (χ0n) is 14.0. The number of nitrogens with zero attached hydrogens (tertiary/aromatic N) is 2. The van der Waals surface area contributed by atoms with E-state index in [0.29, 0.717) is 11.3 Å². The summed E-state index contributed by atoms with van der Waals surface area (Å²) in [5, 5.41) is 0. The van der Waals surface area contributed by atoms with Crippen molar-refractivity contribution in [3.8, 4) is 0 Å². The van der Waals surface area contributed by atoms with Crippen LogP contribution in [0.1, 0.15) is 44.5 Å². The average molecular weight is 308 g/mol. The summed E-state index contributed by atoms with van der Waals surface area (Å²) in [5.74, 6) is -0.0455. The van der Waals surface area contributed by atoms with Gasteiger partial charge in [0.25, 0.3) is 5.91 Å². The van der Waals surface area contributed by atoms with E-state index >= 15 is 0 Å². The quantitative estimate of drug-likeness (QED) is 0.617. The van der Waals surface area contributed by atoms with Crippen molar-refractivity contribution < 1.29 is 4.79 Å². The summed E-state index contributed by atoms with van der Waals surface area (Å²) in [4.78, 5) is 17.9. The maximum absolute atomic E-state index is 12.1. The number of aliphatic imine (C=N–C) groups is 1. The first-order chi connectivity index (χ1) is 10.2. The maximum atomic E-state index is 12.1. The van der Waals surface area contributed by atoms with Crippen LogP contribution in [0, 0.1) is 0 Å². The fourth-order valence-electron chi connectivity index (χ4n) is 1.43. The van der Waals surface area contributed by atoms with E-state index in [1.54, 1.807) is 36.7 Å². The second-order valence-corrected chi connectivity index (χ2v) is 3.61. The van der Waals surface area contributed by atoms with E-state index in [-0.39, 0.29) is 5.91 Å². The Balaban J connectivity index is 0. The third-order valence-electron chi connectivity index (χ3n) is 2.29. The van der Waals surface area contributed by atoms with E-state index in [1.807, 2.05) is 52.0 Å². The van der Waals surface area contributed by atoms with Gasteiger partial charge in [0.2, 0.25) is 0 Å². The van der Waals surface area contributed by atoms with Gasteiger partial charge >= 0.3 is 0 Å². The van der Waals surface area contributed by atoms with Gasteiger partial charge in [0.1, 0.15) is 0 Å². The number of hydrogen-bond acceptors (Lipinski definition) is 3. The first-order valence-corrected chi connectivity index (χ1v) is 8.06. The number of thiol groups is 1. The smallest absolute Gasteiger partial charge is 0.259 e. The maximum Gasteiger partial charge on any atom is 0.259 e. The first kappa shape index (κ1) is 21.7. The van der Waals surface area contributed by atoms with Crippen LogP contribution in [0.4, 0.5) is 5.69 Å². The van der Waals surface area contributed by atoms with Crippen molar-refractivity contribution in [1.82, 2.24) is 4.90 Å². The number of hydrogen-bond donors (Lipinski definition) is 1. The Bertz CT molecular complexity index is 442. The Morgan fingerprint density at radius 2 is 1.86 bits per heavy atom. The summed E-state index contributed by atoms with van der Waals surface area (Å²) >= 11 is 3.53. The van der Waals surface area contributed by atoms with E-state index in [0.717, 1.165) is 6.42 Å². The lowest BCUT2D eigenvalue weighted by molar-refractivity contribution is 0.0850. The van der Waals surface area contributed by atoms with Gasteiger partial charge in [-0.1, -0.05) is 39.0 Å². The summed E-state index contributed by atoms with van der Waals surface area (Å²) in [6.07, 6.45) is 8.03. The van der Waals surface area contributed by atoms with Crippen LogP contribution in [0.25, 0.3) is 0 Å². The summed E-state index contributed by atoms with van der Waals surface area (Å²) in [5.41, 5.74) is 1.32. The lowest BCUT2D eigenvalue weighted by Crippen LogP contribution is -2.20. The van der Waals surface area contributed by atoms with Gasteiger partial charge in [-0.15, -0.1) is 0 Å². The van der Waals surface area contributed by atoms with Crippen LogP contribution >= 0.6 is 12.6 Å². The second kappa shape index (κ2) is 14.9. The molecule has 0 heterocycles. The number of benzene rings is 1. The van der Waals surface area contributed by atoms with Gasteiger partial charge in [0, 0.05) is 19.5 Å². The van der Waals surface area contributed by atoms with Crippen molar-refractivity contribution in [3.63, 3.8) is 0 Å². The zero-order valence-corrected chi connectivity index (χ0v) is 14.9. The largest absolute Gasteiger partial charge is 0.318 e. The van der Waals surface area contributed by atoms with Gasteiger partial charge in [-0.3, -0.25) is 9.79 Å². The Kier molecular flexibility index (Phi) is 15.4. The number of para-hydroxylation sites is 1. The number of carbonyl (C=O) groups is 1. The predicted octanol–water partition coefficient (Wildman–Crippen LogP) is 4.98. The fraction of sp³-hybridized carbons (Fsp3) is 0.412. The molecule has 0 N–H and O–H groups in total. The van der Waals surface area contributed by atoms with Crippen molar-refractivity contribution >= 4 is 30.4 Å². The Morgan fingerprint density at radius 1 is 1.29 bits per heavy atom. The molecule has 21 heavy (non-hydrogen) atoms. The summed E-state index contributed by atoms with van der Waals surface area (Å²) < 4.78 is 0. The molecule has 0 bridgehead atoms. The van der Waals surface area contributed by atoms with E-state index in [2.05, 4.69) is 17.6 Å². The second-order valence-electron chi connectivity index (χ2n) is 3.61. The van der Waals surface area contributed by atoms with Gasteiger partial charge in [-0.2, -0.15) is 12.6 Å². The topological polar surface area (TPSA) is 32.7 Å². The molecule has 3 nitrogen and oxygen atoms in total. The molecule has 4 heteroatoms. The van der Waals surface area contributed by atoms with Crippen molar-refractivity contribution in [1.29, 1.82) is 0 Å². The fourth-order valence-corrected chi connectivity index (χ4v) is 1.43. The highest BCUT2D eigenvalue weighted by atomic mass is 32.1. The van der Waals surface area contributed by atoms with E-state index in [1.165, 1.54) is 0 Å². The van der Waals surface area contributed by atoms with Crippen LogP contribution in [-0.2, 0) is 0 Å². The van der Waals surface area contributed by atoms with Gasteiger partial charge in [-0.05, 0) is 31.7 Å². The van der Waals surface area contributed by atoms with Crippen molar-refractivity contribution in [3.05, 3.63) is 42.1 Å². The predicted molar refractivity (Wildman–Crippen MR) is 98.1 cm³/mol. The highest BCUT2D eigenvalue weighted by molar-refractivity contribution is 7.79. The van der Waals surface area contributed by atoms with Crippen LogP contribution in [0.3, 0.4) is 0 Å². The highest BCUT2D eigenvalue weighted by Crippen LogP contribution is 2.19. The molecule has 0 radical (unpaired) electrons. The molecule has 0 aromatic heterocycles. The Labute approximate surface area is 135 Å². The van der Waals surface area contributed by atoms with Crippen LogP contribution in [-0.4, -0.2) is 30.3 Å². The molecule has 0 atom stereocenters. The van der Waals surface area contributed by atoms with E-state index in [9.17, 15) is 4.79 Å². The lowest BCUT2D eigenvalue weighted by Gasteiger charge is -2.13. The van der Waals surface area contributed by atoms with Gasteiger partial charge in [-0.25, -0.2) is 0 Å². The molecule has 0 spiro atoms. The molecule has 118 valence electrons. The van der Waals surface area contributed by atoms with Crippen LogP contribution < -0.4 is 0 Å². The monoisotopic (exact) mass is 308 g/mol. The summed E-state index contributed by atoms with van der Waals surface area (Å²) in [7, 11) is 1.75. The molecule has 0 aliphatic carbocycles. The third-order valence-corrected chi connectivity index (χ3v) is 2.29. The molecule has 1 aromatic carbocycles. The SMILES string of the molecule is CC.CC=Nc1ccccc1C(=O)N(C)/C=C\CC.CS. The molecule has 0 aliphatic heterocycles. The average Bonchev–Trinajstić information content (AvgIpc) is 2.56. The van der Waals surface area contributed by atoms with Crippen molar-refractivity contribution in [2.24, 2.45) is 4.99 Å².